The molecule has 1 aromatic carbocycles. The molecule has 3 aromatic heterocycles. The van der Waals surface area contributed by atoms with E-state index in [1.165, 1.54) is 0 Å². The van der Waals surface area contributed by atoms with Gasteiger partial charge in [0.2, 0.25) is 0 Å². The number of nitrogens with zero attached hydrogens (tertiary/aromatic N) is 4. The topological polar surface area (TPSA) is 87.3 Å². The molecule has 1 fully saturated rings. The van der Waals surface area contributed by atoms with Crippen molar-refractivity contribution in [1.29, 1.82) is 0 Å². The molecule has 7 heteroatoms. The number of benzene rings is 1. The third-order valence-corrected chi connectivity index (χ3v) is 5.99. The number of phenolic OH excluding ortho intramolecular Hbond substituents is 1. The van der Waals surface area contributed by atoms with E-state index in [4.69, 9.17) is 14.4 Å². The van der Waals surface area contributed by atoms with Crippen LogP contribution in [0, 0.1) is 13.8 Å². The van der Waals surface area contributed by atoms with Crippen molar-refractivity contribution in [3.8, 4) is 17.0 Å². The maximum atomic E-state index is 10.8. The number of nitrogens with one attached hydrogen (secondary N) is 1. The highest BCUT2D eigenvalue weighted by Gasteiger charge is 2.26. The van der Waals surface area contributed by atoms with Gasteiger partial charge in [-0.05, 0) is 52.3 Å². The summed E-state index contributed by atoms with van der Waals surface area (Å²) in [6.45, 7) is 12.2. The van der Waals surface area contributed by atoms with Crippen molar-refractivity contribution >= 4 is 27.8 Å². The Bertz CT molecular complexity index is 1320. The minimum Gasteiger partial charge on any atom is -0.507 e. The van der Waals surface area contributed by atoms with Crippen LogP contribution >= 0.6 is 0 Å². The monoisotopic (exact) mass is 431 g/mol. The van der Waals surface area contributed by atoms with Crippen LogP contribution in [-0.4, -0.2) is 44.7 Å². The van der Waals surface area contributed by atoms with Crippen molar-refractivity contribution in [1.82, 2.24) is 20.3 Å². The highest BCUT2D eigenvalue weighted by atomic mass is 16.3. The smallest absolute Gasteiger partial charge is 0.192 e. The van der Waals surface area contributed by atoms with Gasteiger partial charge in [-0.1, -0.05) is 6.07 Å². The summed E-state index contributed by atoms with van der Waals surface area (Å²) in [5, 5.41) is 15.5. The lowest BCUT2D eigenvalue weighted by Crippen LogP contribution is -2.44. The van der Waals surface area contributed by atoms with Crippen molar-refractivity contribution in [3.05, 3.63) is 41.9 Å². The number of oxazole rings is 1. The lowest BCUT2D eigenvalue weighted by molar-refractivity contribution is 0.373. The van der Waals surface area contributed by atoms with Crippen LogP contribution < -0.4 is 10.2 Å². The standard InChI is InChI=1S/C25H29N5O2/c1-14-23-21(32-15(2)27-23)11-18(24(14)31)19-7-6-16-10-22(26-12-20(16)28-19)30-9-8-17(13-30)29-25(3,4)5/h6-7,10-12,17,29,31H,8-9,13H2,1-5H3/t17-/m1/s1. The predicted molar refractivity (Wildman–Crippen MR) is 127 cm³/mol. The quantitative estimate of drug-likeness (QED) is 0.485. The second kappa shape index (κ2) is 7.45. The van der Waals surface area contributed by atoms with E-state index in [0.29, 0.717) is 39.9 Å². The van der Waals surface area contributed by atoms with Gasteiger partial charge >= 0.3 is 0 Å². The van der Waals surface area contributed by atoms with E-state index in [9.17, 15) is 5.11 Å². The maximum absolute atomic E-state index is 10.8. The molecule has 0 amide bonds. The van der Waals surface area contributed by atoms with E-state index >= 15 is 0 Å². The summed E-state index contributed by atoms with van der Waals surface area (Å²) >= 11 is 0. The fourth-order valence-corrected chi connectivity index (χ4v) is 4.55. The minimum atomic E-state index is 0.106. The molecule has 7 nitrogen and oxygen atoms in total. The molecular weight excluding hydrogens is 402 g/mol. The first-order valence-electron chi connectivity index (χ1n) is 11.1. The van der Waals surface area contributed by atoms with Gasteiger partial charge in [-0.25, -0.2) is 15.0 Å². The number of fused-ring (bicyclic) bond motifs is 2. The van der Waals surface area contributed by atoms with Crippen LogP contribution in [0.5, 0.6) is 5.75 Å². The van der Waals surface area contributed by atoms with Crippen molar-refractivity contribution in [2.75, 3.05) is 18.0 Å². The molecule has 0 bridgehead atoms. The van der Waals surface area contributed by atoms with Crippen LogP contribution in [0.1, 0.15) is 38.6 Å². The van der Waals surface area contributed by atoms with Crippen LogP contribution in [0.2, 0.25) is 0 Å². The van der Waals surface area contributed by atoms with Gasteiger partial charge in [-0.2, -0.15) is 0 Å². The number of pyridine rings is 2. The first-order chi connectivity index (χ1) is 15.2. The number of hydrogen-bond acceptors (Lipinski definition) is 7. The lowest BCUT2D eigenvalue weighted by Gasteiger charge is -2.26. The van der Waals surface area contributed by atoms with Crippen LogP contribution in [0.15, 0.2) is 34.9 Å². The number of hydrogen-bond donors (Lipinski definition) is 2. The van der Waals surface area contributed by atoms with Crippen LogP contribution in [0.25, 0.3) is 33.3 Å². The molecule has 1 aliphatic heterocycles. The Morgan fingerprint density at radius 2 is 1.97 bits per heavy atom. The van der Waals surface area contributed by atoms with Gasteiger partial charge < -0.3 is 19.7 Å². The van der Waals surface area contributed by atoms with E-state index < -0.39 is 0 Å². The molecule has 166 valence electrons. The van der Waals surface area contributed by atoms with Crippen LogP contribution in [0.3, 0.4) is 0 Å². The van der Waals surface area contributed by atoms with Crippen LogP contribution in [-0.2, 0) is 0 Å². The average Bonchev–Trinajstić information content (AvgIpc) is 3.34. The highest BCUT2D eigenvalue weighted by Crippen LogP contribution is 2.37. The zero-order valence-electron chi connectivity index (χ0n) is 19.2. The summed E-state index contributed by atoms with van der Waals surface area (Å²) < 4.78 is 5.69. The molecule has 5 rings (SSSR count). The first-order valence-corrected chi connectivity index (χ1v) is 11.1. The van der Waals surface area contributed by atoms with E-state index in [1.54, 1.807) is 13.0 Å². The number of aromatic hydroxyl groups is 1. The second-order valence-electron chi connectivity index (χ2n) is 9.74. The number of anilines is 1. The SMILES string of the molecule is Cc1nc2c(C)c(O)c(-c3ccc4cc(N5CC[C@@H](NC(C)(C)C)C5)ncc4n3)cc2o1. The van der Waals surface area contributed by atoms with E-state index in [-0.39, 0.29) is 11.3 Å². The molecule has 2 N–H and O–H groups in total. The fraction of sp³-hybridized carbons (Fsp3) is 0.400. The Labute approximate surface area is 187 Å². The zero-order chi connectivity index (χ0) is 22.6. The van der Waals surface area contributed by atoms with E-state index in [2.05, 4.69) is 42.0 Å². The van der Waals surface area contributed by atoms with Crippen molar-refractivity contribution < 1.29 is 9.52 Å². The number of aryl methyl sites for hydroxylation is 2. The number of rotatable bonds is 3. The third kappa shape index (κ3) is 3.77. The summed E-state index contributed by atoms with van der Waals surface area (Å²) in [6, 6.07) is 8.34. The molecule has 1 saturated heterocycles. The average molecular weight is 432 g/mol. The van der Waals surface area contributed by atoms with Gasteiger partial charge in [0, 0.05) is 48.1 Å². The molecule has 1 atom stereocenters. The molecule has 4 heterocycles. The number of phenols is 1. The van der Waals surface area contributed by atoms with Gasteiger partial charge in [-0.3, -0.25) is 0 Å². The van der Waals surface area contributed by atoms with Gasteiger partial charge in [0.1, 0.15) is 17.1 Å². The summed E-state index contributed by atoms with van der Waals surface area (Å²) in [7, 11) is 0. The van der Waals surface area contributed by atoms with Gasteiger partial charge in [0.25, 0.3) is 0 Å². The summed E-state index contributed by atoms with van der Waals surface area (Å²) in [6.07, 6.45) is 2.93. The van der Waals surface area contributed by atoms with E-state index in [1.807, 2.05) is 25.3 Å². The predicted octanol–water partition coefficient (Wildman–Crippen LogP) is 4.73. The van der Waals surface area contributed by atoms with Gasteiger partial charge in [0.05, 0.1) is 17.4 Å². The fourth-order valence-electron chi connectivity index (χ4n) is 4.55. The lowest BCUT2D eigenvalue weighted by atomic mass is 10.0. The molecule has 0 spiro atoms. The second-order valence-corrected chi connectivity index (χ2v) is 9.74. The Hall–Kier alpha value is -3.19. The van der Waals surface area contributed by atoms with Gasteiger partial charge in [-0.15, -0.1) is 0 Å². The molecule has 0 saturated carbocycles. The molecule has 4 aromatic rings. The Kier molecular flexibility index (Phi) is 4.82. The summed E-state index contributed by atoms with van der Waals surface area (Å²) in [5.74, 6) is 1.73. The van der Waals surface area contributed by atoms with Crippen molar-refractivity contribution in [3.63, 3.8) is 0 Å². The Morgan fingerprint density at radius 3 is 2.75 bits per heavy atom. The normalized spacial score (nSPS) is 17.0. The van der Waals surface area contributed by atoms with Crippen molar-refractivity contribution in [2.45, 2.75) is 52.6 Å². The molecule has 0 unspecified atom stereocenters. The zero-order valence-corrected chi connectivity index (χ0v) is 19.2. The largest absolute Gasteiger partial charge is 0.507 e. The Morgan fingerprint density at radius 1 is 1.16 bits per heavy atom. The summed E-state index contributed by atoms with van der Waals surface area (Å²) in [4.78, 5) is 16.2. The van der Waals surface area contributed by atoms with E-state index in [0.717, 1.165) is 36.2 Å². The molecule has 0 aliphatic carbocycles. The van der Waals surface area contributed by atoms with Crippen molar-refractivity contribution in [2.24, 2.45) is 0 Å². The molecule has 1 aliphatic rings. The first kappa shape index (κ1) is 20.7. The van der Waals surface area contributed by atoms with Crippen LogP contribution in [0.4, 0.5) is 5.82 Å². The number of aromatic nitrogens is 3. The molecular formula is C25H29N5O2. The summed E-state index contributed by atoms with van der Waals surface area (Å²) in [5.41, 5.74) is 4.23. The molecule has 32 heavy (non-hydrogen) atoms. The maximum Gasteiger partial charge on any atom is 0.192 e. The molecule has 0 radical (unpaired) electrons. The highest BCUT2D eigenvalue weighted by molar-refractivity contribution is 5.89. The third-order valence-electron chi connectivity index (χ3n) is 5.99. The van der Waals surface area contributed by atoms with Gasteiger partial charge in [0.15, 0.2) is 11.5 Å². The Balaban J connectivity index is 1.45. The minimum absolute atomic E-state index is 0.106.